The van der Waals surface area contributed by atoms with Crippen molar-refractivity contribution < 1.29 is 4.79 Å². The molecule has 0 atom stereocenters. The highest BCUT2D eigenvalue weighted by Crippen LogP contribution is 2.23. The second kappa shape index (κ2) is 7.28. The zero-order valence-corrected chi connectivity index (χ0v) is 13.3. The van der Waals surface area contributed by atoms with Crippen LogP contribution in [0.5, 0.6) is 0 Å². The second-order valence-corrected chi connectivity index (χ2v) is 6.19. The standard InChI is InChI=1S/C15H20Cl2N2O/c1-19(12-7-5-3-2-4-6-8-12)15(20)11-9-13(16)18-14(17)10-11/h9-10,12H,2-8H2,1H3. The average molecular weight is 315 g/mol. The molecular weight excluding hydrogens is 295 g/mol. The zero-order valence-electron chi connectivity index (χ0n) is 11.7. The Hall–Kier alpha value is -0.800. The van der Waals surface area contributed by atoms with Crippen LogP contribution in [0, 0.1) is 0 Å². The van der Waals surface area contributed by atoms with E-state index in [0.717, 1.165) is 12.8 Å². The fourth-order valence-electron chi connectivity index (χ4n) is 2.78. The van der Waals surface area contributed by atoms with Crippen LogP contribution in [0.25, 0.3) is 0 Å². The SMILES string of the molecule is CN(C(=O)c1cc(Cl)nc(Cl)c1)C1CCCCCCC1. The van der Waals surface area contributed by atoms with Crippen LogP contribution in [0.15, 0.2) is 12.1 Å². The van der Waals surface area contributed by atoms with Gasteiger partial charge in [-0.2, -0.15) is 0 Å². The van der Waals surface area contributed by atoms with Crippen LogP contribution < -0.4 is 0 Å². The Balaban J connectivity index is 2.09. The number of hydrogen-bond acceptors (Lipinski definition) is 2. The number of pyridine rings is 1. The van der Waals surface area contributed by atoms with Crippen molar-refractivity contribution in [3.8, 4) is 0 Å². The fourth-order valence-corrected chi connectivity index (χ4v) is 3.24. The molecule has 1 aromatic heterocycles. The van der Waals surface area contributed by atoms with E-state index in [1.54, 1.807) is 12.1 Å². The molecule has 1 aromatic rings. The highest BCUT2D eigenvalue weighted by Gasteiger charge is 2.22. The van der Waals surface area contributed by atoms with E-state index in [1.807, 2.05) is 11.9 Å². The first kappa shape index (κ1) is 15.6. The van der Waals surface area contributed by atoms with Crippen molar-refractivity contribution in [2.24, 2.45) is 0 Å². The van der Waals surface area contributed by atoms with Gasteiger partial charge in [-0.05, 0) is 25.0 Å². The van der Waals surface area contributed by atoms with Crippen LogP contribution in [0.1, 0.15) is 55.3 Å². The van der Waals surface area contributed by atoms with E-state index >= 15 is 0 Å². The van der Waals surface area contributed by atoms with Gasteiger partial charge < -0.3 is 4.90 Å². The number of amides is 1. The van der Waals surface area contributed by atoms with Crippen molar-refractivity contribution in [1.82, 2.24) is 9.88 Å². The largest absolute Gasteiger partial charge is 0.339 e. The van der Waals surface area contributed by atoms with E-state index in [9.17, 15) is 4.79 Å². The Morgan fingerprint density at radius 2 is 1.60 bits per heavy atom. The van der Waals surface area contributed by atoms with Crippen LogP contribution in [0.4, 0.5) is 0 Å². The van der Waals surface area contributed by atoms with Crippen molar-refractivity contribution in [3.63, 3.8) is 0 Å². The molecule has 2 rings (SSSR count). The molecule has 0 radical (unpaired) electrons. The van der Waals surface area contributed by atoms with Gasteiger partial charge in [0.1, 0.15) is 10.3 Å². The molecule has 5 heteroatoms. The third-order valence-corrected chi connectivity index (χ3v) is 4.34. The molecule has 0 aliphatic heterocycles. The van der Waals surface area contributed by atoms with Crippen molar-refractivity contribution in [2.75, 3.05) is 7.05 Å². The van der Waals surface area contributed by atoms with Gasteiger partial charge in [0, 0.05) is 18.7 Å². The molecular formula is C15H20Cl2N2O. The van der Waals surface area contributed by atoms with Crippen molar-refractivity contribution in [3.05, 3.63) is 28.0 Å². The first-order valence-corrected chi connectivity index (χ1v) is 7.94. The highest BCUT2D eigenvalue weighted by molar-refractivity contribution is 6.33. The number of aromatic nitrogens is 1. The number of nitrogens with zero attached hydrogens (tertiary/aromatic N) is 2. The lowest BCUT2D eigenvalue weighted by atomic mass is 9.95. The number of carbonyl (C=O) groups excluding carboxylic acids is 1. The molecule has 1 aliphatic carbocycles. The summed E-state index contributed by atoms with van der Waals surface area (Å²) in [6, 6.07) is 3.47. The van der Waals surface area contributed by atoms with E-state index in [4.69, 9.17) is 23.2 Å². The topological polar surface area (TPSA) is 33.2 Å². The quantitative estimate of drug-likeness (QED) is 0.749. The third kappa shape index (κ3) is 4.10. The summed E-state index contributed by atoms with van der Waals surface area (Å²) in [5.41, 5.74) is 0.513. The van der Waals surface area contributed by atoms with Gasteiger partial charge in [-0.1, -0.05) is 55.3 Å². The van der Waals surface area contributed by atoms with Crippen LogP contribution in [0.3, 0.4) is 0 Å². The Morgan fingerprint density at radius 1 is 1.10 bits per heavy atom. The van der Waals surface area contributed by atoms with E-state index in [1.165, 1.54) is 32.1 Å². The summed E-state index contributed by atoms with van der Waals surface area (Å²) in [5, 5.41) is 0.513. The van der Waals surface area contributed by atoms with Gasteiger partial charge in [-0.25, -0.2) is 4.98 Å². The van der Waals surface area contributed by atoms with Crippen molar-refractivity contribution >= 4 is 29.1 Å². The molecule has 1 aliphatic rings. The van der Waals surface area contributed by atoms with Crippen molar-refractivity contribution in [2.45, 2.75) is 51.0 Å². The zero-order chi connectivity index (χ0) is 14.5. The molecule has 1 amide bonds. The molecule has 0 unspecified atom stereocenters. The molecule has 0 aromatic carbocycles. The second-order valence-electron chi connectivity index (χ2n) is 5.42. The number of hydrogen-bond donors (Lipinski definition) is 0. The maximum atomic E-state index is 12.5. The lowest BCUT2D eigenvalue weighted by molar-refractivity contribution is 0.0706. The summed E-state index contributed by atoms with van der Waals surface area (Å²) in [4.78, 5) is 18.2. The minimum absolute atomic E-state index is 0.0261. The summed E-state index contributed by atoms with van der Waals surface area (Å²) < 4.78 is 0. The summed E-state index contributed by atoms with van der Waals surface area (Å²) in [6.45, 7) is 0. The minimum atomic E-state index is -0.0261. The maximum Gasteiger partial charge on any atom is 0.254 e. The number of halogens is 2. The maximum absolute atomic E-state index is 12.5. The summed E-state index contributed by atoms with van der Waals surface area (Å²) >= 11 is 11.7. The summed E-state index contributed by atoms with van der Waals surface area (Å²) in [6.07, 6.45) is 8.40. The van der Waals surface area contributed by atoms with Gasteiger partial charge in [0.15, 0.2) is 0 Å². The van der Waals surface area contributed by atoms with Gasteiger partial charge in [0.25, 0.3) is 5.91 Å². The van der Waals surface area contributed by atoms with Crippen LogP contribution in [-0.2, 0) is 0 Å². The summed E-state index contributed by atoms with van der Waals surface area (Å²) in [7, 11) is 1.87. The normalized spacial score (nSPS) is 17.4. The highest BCUT2D eigenvalue weighted by atomic mass is 35.5. The summed E-state index contributed by atoms with van der Waals surface area (Å²) in [5.74, 6) is -0.0261. The number of carbonyl (C=O) groups is 1. The molecule has 0 N–H and O–H groups in total. The fraction of sp³-hybridized carbons (Fsp3) is 0.600. The predicted molar refractivity (Wildman–Crippen MR) is 82.5 cm³/mol. The molecule has 0 spiro atoms. The van der Waals surface area contributed by atoms with Gasteiger partial charge >= 0.3 is 0 Å². The van der Waals surface area contributed by atoms with Gasteiger partial charge in [0.05, 0.1) is 0 Å². The average Bonchev–Trinajstić information content (AvgIpc) is 2.35. The van der Waals surface area contributed by atoms with E-state index in [0.29, 0.717) is 11.6 Å². The Bertz CT molecular complexity index is 451. The van der Waals surface area contributed by atoms with Crippen LogP contribution in [0.2, 0.25) is 10.3 Å². The van der Waals surface area contributed by atoms with Gasteiger partial charge in [0.2, 0.25) is 0 Å². The first-order valence-electron chi connectivity index (χ1n) is 7.18. The Kier molecular flexibility index (Phi) is 5.67. The molecule has 0 saturated heterocycles. The monoisotopic (exact) mass is 314 g/mol. The minimum Gasteiger partial charge on any atom is -0.339 e. The Morgan fingerprint density at radius 3 is 2.15 bits per heavy atom. The molecule has 1 saturated carbocycles. The van der Waals surface area contributed by atoms with E-state index < -0.39 is 0 Å². The first-order chi connectivity index (χ1) is 9.58. The van der Waals surface area contributed by atoms with Crippen LogP contribution >= 0.6 is 23.2 Å². The Labute approximate surface area is 130 Å². The number of rotatable bonds is 2. The van der Waals surface area contributed by atoms with Crippen molar-refractivity contribution in [1.29, 1.82) is 0 Å². The molecule has 110 valence electrons. The van der Waals surface area contributed by atoms with E-state index in [2.05, 4.69) is 4.98 Å². The van der Waals surface area contributed by atoms with E-state index in [-0.39, 0.29) is 16.2 Å². The van der Waals surface area contributed by atoms with Gasteiger partial charge in [-0.15, -0.1) is 0 Å². The molecule has 1 fully saturated rings. The third-order valence-electron chi connectivity index (χ3n) is 3.95. The molecule has 0 bridgehead atoms. The lowest BCUT2D eigenvalue weighted by Crippen LogP contribution is -2.37. The molecule has 3 nitrogen and oxygen atoms in total. The molecule has 20 heavy (non-hydrogen) atoms. The lowest BCUT2D eigenvalue weighted by Gasteiger charge is -2.30. The predicted octanol–water partition coefficient (Wildman–Crippen LogP) is 4.57. The van der Waals surface area contributed by atoms with Crippen LogP contribution in [-0.4, -0.2) is 28.9 Å². The smallest absolute Gasteiger partial charge is 0.254 e. The van der Waals surface area contributed by atoms with Gasteiger partial charge in [-0.3, -0.25) is 4.79 Å². The molecule has 1 heterocycles.